The van der Waals surface area contributed by atoms with E-state index in [1.165, 1.54) is 0 Å². The lowest BCUT2D eigenvalue weighted by Crippen LogP contribution is -2.50. The highest BCUT2D eigenvalue weighted by Crippen LogP contribution is 2.14. The largest absolute Gasteiger partial charge is 0.444 e. The van der Waals surface area contributed by atoms with E-state index in [-0.39, 0.29) is 10.8 Å². The van der Waals surface area contributed by atoms with Crippen molar-refractivity contribution in [2.24, 2.45) is 0 Å². The van der Waals surface area contributed by atoms with E-state index >= 15 is 0 Å². The molecule has 9 heteroatoms. The van der Waals surface area contributed by atoms with Gasteiger partial charge in [-0.2, -0.15) is 0 Å². The molecule has 2 amide bonds. The number of carbonyl (C=O) groups is 3. The van der Waals surface area contributed by atoms with Crippen LogP contribution in [0.2, 0.25) is 0 Å². The minimum absolute atomic E-state index is 0.261. The molecule has 2 N–H and O–H groups in total. The number of likely N-dealkylation sites (tertiary alicyclic amines) is 1. The van der Waals surface area contributed by atoms with Crippen molar-refractivity contribution >= 4 is 35.2 Å². The molecule has 0 radical (unpaired) electrons. The summed E-state index contributed by atoms with van der Waals surface area (Å²) in [5.74, 6) is -0.261. The van der Waals surface area contributed by atoms with Gasteiger partial charge in [0, 0.05) is 19.6 Å². The maximum atomic E-state index is 13.0. The summed E-state index contributed by atoms with van der Waals surface area (Å²) >= 11 is 5.43. The van der Waals surface area contributed by atoms with Crippen LogP contribution in [0.5, 0.6) is 0 Å². The van der Waals surface area contributed by atoms with Crippen LogP contribution in [-0.2, 0) is 14.3 Å². The first kappa shape index (κ1) is 27.1. The number of hydrogen-bond acceptors (Lipinski definition) is 6. The number of hydrogen-bond donors (Lipinski definition) is 2. The predicted octanol–water partition coefficient (Wildman–Crippen LogP) is 3.96. The highest BCUT2D eigenvalue weighted by atomic mass is 32.1. The average Bonchev–Trinajstić information content (AvgIpc) is 2.63. The van der Waals surface area contributed by atoms with Crippen LogP contribution >= 0.6 is 12.2 Å². The summed E-state index contributed by atoms with van der Waals surface area (Å²) < 4.78 is 10.5. The van der Waals surface area contributed by atoms with Crippen LogP contribution < -0.4 is 10.6 Å². The number of unbranched alkanes of at least 4 members (excludes halogenated alkanes) is 1. The van der Waals surface area contributed by atoms with Gasteiger partial charge in [0.05, 0.1) is 6.04 Å². The van der Waals surface area contributed by atoms with Crippen LogP contribution in [0.25, 0.3) is 0 Å². The third-order valence-corrected chi connectivity index (χ3v) is 4.91. The SMILES string of the molecule is CC(C)(C)OC(=O)NCCCC[C@H](NC(=O)OC(C)(C)C)C(=O)C(=S)N1CCCCC1. The second-order valence-electron chi connectivity index (χ2n) is 9.84. The summed E-state index contributed by atoms with van der Waals surface area (Å²) in [6, 6.07) is -0.759. The summed E-state index contributed by atoms with van der Waals surface area (Å²) in [6.45, 7) is 12.7. The molecule has 1 aliphatic heterocycles. The second-order valence-corrected chi connectivity index (χ2v) is 10.2. The van der Waals surface area contributed by atoms with Crippen LogP contribution in [0.3, 0.4) is 0 Å². The zero-order valence-corrected chi connectivity index (χ0v) is 20.7. The van der Waals surface area contributed by atoms with Crippen molar-refractivity contribution in [2.45, 2.75) is 97.3 Å². The maximum Gasteiger partial charge on any atom is 0.408 e. The van der Waals surface area contributed by atoms with Gasteiger partial charge in [0.2, 0.25) is 5.78 Å². The average molecular weight is 458 g/mol. The fraction of sp³-hybridized carbons (Fsp3) is 0.818. The molecule has 0 aliphatic carbocycles. The molecule has 31 heavy (non-hydrogen) atoms. The monoisotopic (exact) mass is 457 g/mol. The normalized spacial score (nSPS) is 15.6. The zero-order valence-electron chi connectivity index (χ0n) is 19.8. The smallest absolute Gasteiger partial charge is 0.408 e. The number of ketones is 1. The number of rotatable bonds is 8. The van der Waals surface area contributed by atoms with E-state index in [4.69, 9.17) is 21.7 Å². The van der Waals surface area contributed by atoms with E-state index in [2.05, 4.69) is 10.6 Å². The van der Waals surface area contributed by atoms with Gasteiger partial charge in [-0.25, -0.2) is 9.59 Å². The minimum Gasteiger partial charge on any atom is -0.444 e. The third-order valence-electron chi connectivity index (χ3n) is 4.45. The molecule has 0 unspecified atom stereocenters. The Morgan fingerprint density at radius 1 is 0.903 bits per heavy atom. The Morgan fingerprint density at radius 2 is 1.45 bits per heavy atom. The third kappa shape index (κ3) is 11.9. The number of nitrogens with zero attached hydrogens (tertiary/aromatic N) is 1. The Kier molecular flexibility index (Phi) is 10.7. The van der Waals surface area contributed by atoms with Gasteiger partial charge in [0.25, 0.3) is 0 Å². The molecular weight excluding hydrogens is 418 g/mol. The molecule has 1 fully saturated rings. The van der Waals surface area contributed by atoms with E-state index in [0.29, 0.717) is 25.8 Å². The molecule has 1 aliphatic rings. The van der Waals surface area contributed by atoms with Gasteiger partial charge >= 0.3 is 12.2 Å². The fourth-order valence-electron chi connectivity index (χ4n) is 3.10. The molecule has 1 rings (SSSR count). The van der Waals surface area contributed by atoms with Crippen molar-refractivity contribution in [1.82, 2.24) is 15.5 Å². The number of thiocarbonyl (C=S) groups is 1. The molecule has 0 saturated carbocycles. The highest BCUT2D eigenvalue weighted by molar-refractivity contribution is 7.82. The molecule has 0 spiro atoms. The molecule has 8 nitrogen and oxygen atoms in total. The van der Waals surface area contributed by atoms with Crippen molar-refractivity contribution < 1.29 is 23.9 Å². The molecule has 1 atom stereocenters. The first-order valence-electron chi connectivity index (χ1n) is 11.1. The van der Waals surface area contributed by atoms with Gasteiger partial charge in [-0.1, -0.05) is 12.2 Å². The molecule has 0 bridgehead atoms. The predicted molar refractivity (Wildman–Crippen MR) is 124 cm³/mol. The number of ether oxygens (including phenoxy) is 2. The van der Waals surface area contributed by atoms with Crippen molar-refractivity contribution in [2.75, 3.05) is 19.6 Å². The van der Waals surface area contributed by atoms with E-state index in [1.54, 1.807) is 41.5 Å². The Balaban J connectivity index is 2.61. The molecule has 0 aromatic carbocycles. The number of amides is 2. The Hall–Kier alpha value is -1.90. The molecule has 1 saturated heterocycles. The van der Waals surface area contributed by atoms with Crippen LogP contribution in [0.4, 0.5) is 9.59 Å². The molecule has 178 valence electrons. The summed E-state index contributed by atoms with van der Waals surface area (Å²) in [4.78, 5) is 39.2. The summed E-state index contributed by atoms with van der Waals surface area (Å²) in [5.41, 5.74) is -1.22. The van der Waals surface area contributed by atoms with Crippen LogP contribution in [0.15, 0.2) is 0 Å². The number of Topliss-reactive ketones (excluding diaryl/α,β-unsaturated/α-hetero) is 1. The topological polar surface area (TPSA) is 97.0 Å². The number of nitrogens with one attached hydrogen (secondary N) is 2. The number of carbonyl (C=O) groups excluding carboxylic acids is 3. The first-order chi connectivity index (χ1) is 14.3. The van der Waals surface area contributed by atoms with Gasteiger partial charge in [-0.05, 0) is 80.1 Å². The lowest BCUT2D eigenvalue weighted by molar-refractivity contribution is -0.115. The fourth-order valence-corrected chi connectivity index (χ4v) is 3.42. The van der Waals surface area contributed by atoms with Crippen molar-refractivity contribution in [3.63, 3.8) is 0 Å². The summed E-state index contributed by atoms with van der Waals surface area (Å²) in [6.07, 6.45) is 3.69. The quantitative estimate of drug-likeness (QED) is 0.421. The van der Waals surface area contributed by atoms with Gasteiger partial charge in [-0.3, -0.25) is 4.79 Å². The standard InChI is InChI=1S/C22H39N3O5S/c1-21(2,3)29-19(27)23-13-9-8-12-16(24-20(28)30-22(4,5)6)17(26)18(31)25-14-10-7-11-15-25/h16H,7-15H2,1-6H3,(H,23,27)(H,24,28)/t16-/m0/s1. The van der Waals surface area contributed by atoms with Crippen LogP contribution in [0, 0.1) is 0 Å². The maximum absolute atomic E-state index is 13.0. The second kappa shape index (κ2) is 12.2. The Labute approximate surface area is 191 Å². The Bertz CT molecular complexity index is 634. The van der Waals surface area contributed by atoms with Gasteiger partial charge in [0.15, 0.2) is 0 Å². The lowest BCUT2D eigenvalue weighted by Gasteiger charge is -2.30. The van der Waals surface area contributed by atoms with Gasteiger partial charge in [0.1, 0.15) is 16.2 Å². The molecular formula is C22H39N3O5S. The van der Waals surface area contributed by atoms with Gasteiger partial charge in [-0.15, -0.1) is 0 Å². The van der Waals surface area contributed by atoms with E-state index in [9.17, 15) is 14.4 Å². The number of piperidine rings is 1. The van der Waals surface area contributed by atoms with Gasteiger partial charge < -0.3 is 25.0 Å². The minimum atomic E-state index is -0.759. The van der Waals surface area contributed by atoms with Crippen molar-refractivity contribution in [1.29, 1.82) is 0 Å². The highest BCUT2D eigenvalue weighted by Gasteiger charge is 2.29. The van der Waals surface area contributed by atoms with Crippen LogP contribution in [-0.4, -0.2) is 64.7 Å². The van der Waals surface area contributed by atoms with E-state index in [0.717, 1.165) is 32.4 Å². The van der Waals surface area contributed by atoms with E-state index in [1.807, 2.05) is 4.90 Å². The van der Waals surface area contributed by atoms with E-state index < -0.39 is 29.4 Å². The first-order valence-corrected chi connectivity index (χ1v) is 11.5. The number of alkyl carbamates (subject to hydrolysis) is 2. The van der Waals surface area contributed by atoms with Crippen molar-refractivity contribution in [3.05, 3.63) is 0 Å². The summed E-state index contributed by atoms with van der Waals surface area (Å²) in [7, 11) is 0. The zero-order chi connectivity index (χ0) is 23.7. The summed E-state index contributed by atoms with van der Waals surface area (Å²) in [5, 5.41) is 5.38. The molecule has 1 heterocycles. The lowest BCUT2D eigenvalue weighted by atomic mass is 10.0. The molecule has 0 aromatic rings. The Morgan fingerprint density at radius 3 is 2.00 bits per heavy atom. The molecule has 0 aromatic heterocycles. The van der Waals surface area contributed by atoms with Crippen molar-refractivity contribution in [3.8, 4) is 0 Å². The van der Waals surface area contributed by atoms with Crippen LogP contribution in [0.1, 0.15) is 80.1 Å².